The van der Waals surface area contributed by atoms with Crippen molar-refractivity contribution in [3.63, 3.8) is 0 Å². The summed E-state index contributed by atoms with van der Waals surface area (Å²) in [6.07, 6.45) is 8.43. The van der Waals surface area contributed by atoms with E-state index >= 15 is 0 Å². The van der Waals surface area contributed by atoms with E-state index in [-0.39, 0.29) is 23.3 Å². The van der Waals surface area contributed by atoms with Crippen LogP contribution in [0.2, 0.25) is 0 Å². The molecule has 2 aliphatic carbocycles. The van der Waals surface area contributed by atoms with Crippen LogP contribution in [0.1, 0.15) is 51.4 Å². The highest BCUT2D eigenvalue weighted by Gasteiger charge is 2.41. The van der Waals surface area contributed by atoms with Crippen molar-refractivity contribution >= 4 is 5.91 Å². The summed E-state index contributed by atoms with van der Waals surface area (Å²) < 4.78 is 0. The van der Waals surface area contributed by atoms with Crippen LogP contribution in [-0.4, -0.2) is 30.7 Å². The molecule has 0 radical (unpaired) electrons. The third-order valence-electron chi connectivity index (χ3n) is 5.06. The van der Waals surface area contributed by atoms with Gasteiger partial charge in [-0.1, -0.05) is 25.7 Å². The fraction of sp³-hybridized carbons (Fsp3) is 0.929. The molecule has 1 amide bonds. The first-order valence-electron chi connectivity index (χ1n) is 7.26. The molecule has 0 spiro atoms. The molecule has 4 N–H and O–H groups in total. The van der Waals surface area contributed by atoms with Crippen molar-refractivity contribution in [2.24, 2.45) is 16.6 Å². The predicted molar refractivity (Wildman–Crippen MR) is 71.0 cm³/mol. The van der Waals surface area contributed by atoms with E-state index in [2.05, 4.69) is 5.32 Å². The summed E-state index contributed by atoms with van der Waals surface area (Å²) in [4.78, 5) is 12.3. The number of nitrogens with one attached hydrogen (secondary N) is 1. The third-order valence-corrected chi connectivity index (χ3v) is 5.06. The zero-order valence-electron chi connectivity index (χ0n) is 11.2. The SMILES string of the molecule is NCC1(C(=O)NCC2(CO)CCCC2)CCCC1. The number of aliphatic hydroxyl groups excluding tert-OH is 1. The lowest BCUT2D eigenvalue weighted by Gasteiger charge is -2.31. The van der Waals surface area contributed by atoms with Gasteiger partial charge in [0.05, 0.1) is 12.0 Å². The Balaban J connectivity index is 1.91. The van der Waals surface area contributed by atoms with E-state index in [1.54, 1.807) is 0 Å². The van der Waals surface area contributed by atoms with Crippen LogP contribution in [0.15, 0.2) is 0 Å². The molecule has 0 aliphatic heterocycles. The molecular formula is C14H26N2O2. The molecule has 0 aromatic rings. The first-order valence-corrected chi connectivity index (χ1v) is 7.26. The van der Waals surface area contributed by atoms with Gasteiger partial charge in [-0.15, -0.1) is 0 Å². The molecular weight excluding hydrogens is 228 g/mol. The van der Waals surface area contributed by atoms with Crippen LogP contribution < -0.4 is 11.1 Å². The number of amides is 1. The monoisotopic (exact) mass is 254 g/mol. The summed E-state index contributed by atoms with van der Waals surface area (Å²) in [6.45, 7) is 1.25. The Bertz CT molecular complexity index is 292. The zero-order chi connectivity index (χ0) is 13.1. The second-order valence-corrected chi connectivity index (χ2v) is 6.24. The summed E-state index contributed by atoms with van der Waals surface area (Å²) >= 11 is 0. The smallest absolute Gasteiger partial charge is 0.227 e. The van der Waals surface area contributed by atoms with Crippen LogP contribution in [-0.2, 0) is 4.79 Å². The Morgan fingerprint density at radius 1 is 1.11 bits per heavy atom. The van der Waals surface area contributed by atoms with Gasteiger partial charge in [0, 0.05) is 18.5 Å². The Morgan fingerprint density at radius 3 is 2.17 bits per heavy atom. The van der Waals surface area contributed by atoms with Crippen molar-refractivity contribution < 1.29 is 9.90 Å². The Labute approximate surface area is 109 Å². The highest BCUT2D eigenvalue weighted by molar-refractivity contribution is 5.83. The van der Waals surface area contributed by atoms with E-state index in [1.807, 2.05) is 0 Å². The average molecular weight is 254 g/mol. The summed E-state index contributed by atoms with van der Waals surface area (Å²) in [5.41, 5.74) is 5.42. The largest absolute Gasteiger partial charge is 0.396 e. The van der Waals surface area contributed by atoms with Crippen LogP contribution >= 0.6 is 0 Å². The van der Waals surface area contributed by atoms with Gasteiger partial charge in [0.15, 0.2) is 0 Å². The van der Waals surface area contributed by atoms with E-state index in [9.17, 15) is 9.90 Å². The van der Waals surface area contributed by atoms with Gasteiger partial charge in [0.1, 0.15) is 0 Å². The normalized spacial score (nSPS) is 25.2. The Kier molecular flexibility index (Phi) is 4.28. The first-order chi connectivity index (χ1) is 8.66. The Hall–Kier alpha value is -0.610. The van der Waals surface area contributed by atoms with E-state index in [0.29, 0.717) is 13.1 Å². The molecule has 0 saturated heterocycles. The summed E-state index contributed by atoms with van der Waals surface area (Å²) in [5, 5.41) is 12.6. The summed E-state index contributed by atoms with van der Waals surface area (Å²) in [7, 11) is 0. The van der Waals surface area contributed by atoms with Crippen LogP contribution in [0.5, 0.6) is 0 Å². The number of aliphatic hydroxyl groups is 1. The molecule has 0 aromatic carbocycles. The lowest BCUT2D eigenvalue weighted by Crippen LogP contribution is -2.48. The first kappa shape index (κ1) is 13.8. The predicted octanol–water partition coefficient (Wildman–Crippen LogP) is 1.17. The lowest BCUT2D eigenvalue weighted by molar-refractivity contribution is -0.131. The minimum Gasteiger partial charge on any atom is -0.396 e. The Morgan fingerprint density at radius 2 is 1.67 bits per heavy atom. The highest BCUT2D eigenvalue weighted by atomic mass is 16.3. The highest BCUT2D eigenvalue weighted by Crippen LogP contribution is 2.39. The third kappa shape index (κ3) is 2.54. The van der Waals surface area contributed by atoms with Gasteiger partial charge in [0.2, 0.25) is 5.91 Å². The molecule has 0 heterocycles. The van der Waals surface area contributed by atoms with Gasteiger partial charge in [-0.05, 0) is 25.7 Å². The molecule has 2 saturated carbocycles. The van der Waals surface area contributed by atoms with Gasteiger partial charge < -0.3 is 16.2 Å². The maximum Gasteiger partial charge on any atom is 0.227 e. The molecule has 0 atom stereocenters. The minimum atomic E-state index is -0.324. The molecule has 4 nitrogen and oxygen atoms in total. The van der Waals surface area contributed by atoms with Gasteiger partial charge in [-0.25, -0.2) is 0 Å². The topological polar surface area (TPSA) is 75.4 Å². The number of carbonyl (C=O) groups is 1. The molecule has 18 heavy (non-hydrogen) atoms. The number of carbonyl (C=O) groups excluding carboxylic acids is 1. The van der Waals surface area contributed by atoms with E-state index < -0.39 is 0 Å². The van der Waals surface area contributed by atoms with Crippen LogP contribution in [0.4, 0.5) is 0 Å². The molecule has 2 rings (SSSR count). The number of hydrogen-bond donors (Lipinski definition) is 3. The van der Waals surface area contributed by atoms with E-state index in [1.165, 1.54) is 12.8 Å². The van der Waals surface area contributed by atoms with Gasteiger partial charge >= 0.3 is 0 Å². The summed E-state index contributed by atoms with van der Waals surface area (Å²) in [5.74, 6) is 0.113. The maximum atomic E-state index is 12.3. The fourth-order valence-electron chi connectivity index (χ4n) is 3.55. The molecule has 4 heteroatoms. The van der Waals surface area contributed by atoms with Crippen LogP contribution in [0.3, 0.4) is 0 Å². The summed E-state index contributed by atoms with van der Waals surface area (Å²) in [6, 6.07) is 0. The van der Waals surface area contributed by atoms with Crippen molar-refractivity contribution in [3.8, 4) is 0 Å². The van der Waals surface area contributed by atoms with Crippen molar-refractivity contribution in [2.75, 3.05) is 19.7 Å². The van der Waals surface area contributed by atoms with Crippen molar-refractivity contribution in [3.05, 3.63) is 0 Å². The number of rotatable bonds is 5. The number of nitrogens with two attached hydrogens (primary N) is 1. The maximum absolute atomic E-state index is 12.3. The zero-order valence-corrected chi connectivity index (χ0v) is 11.2. The average Bonchev–Trinajstić information content (AvgIpc) is 3.06. The van der Waals surface area contributed by atoms with E-state index in [0.717, 1.165) is 38.5 Å². The lowest BCUT2D eigenvalue weighted by atomic mass is 9.83. The van der Waals surface area contributed by atoms with Crippen molar-refractivity contribution in [1.82, 2.24) is 5.32 Å². The molecule has 2 fully saturated rings. The van der Waals surface area contributed by atoms with Gasteiger partial charge in [-0.3, -0.25) is 4.79 Å². The molecule has 0 bridgehead atoms. The number of hydrogen-bond acceptors (Lipinski definition) is 3. The second-order valence-electron chi connectivity index (χ2n) is 6.24. The quantitative estimate of drug-likeness (QED) is 0.689. The molecule has 0 unspecified atom stereocenters. The standard InChI is InChI=1S/C14H26N2O2/c15-9-14(7-3-4-8-14)12(18)16-10-13(11-17)5-1-2-6-13/h17H,1-11,15H2,(H,16,18). The van der Waals surface area contributed by atoms with Crippen LogP contribution in [0, 0.1) is 10.8 Å². The minimum absolute atomic E-state index is 0.0654. The van der Waals surface area contributed by atoms with E-state index in [4.69, 9.17) is 5.73 Å². The molecule has 2 aliphatic rings. The molecule has 0 aromatic heterocycles. The van der Waals surface area contributed by atoms with Gasteiger partial charge in [-0.2, -0.15) is 0 Å². The second kappa shape index (κ2) is 5.57. The fourth-order valence-corrected chi connectivity index (χ4v) is 3.55. The van der Waals surface area contributed by atoms with Crippen molar-refractivity contribution in [1.29, 1.82) is 0 Å². The van der Waals surface area contributed by atoms with Crippen LogP contribution in [0.25, 0.3) is 0 Å². The molecule has 104 valence electrons. The van der Waals surface area contributed by atoms with Gasteiger partial charge in [0.25, 0.3) is 0 Å². The van der Waals surface area contributed by atoms with Crippen molar-refractivity contribution in [2.45, 2.75) is 51.4 Å².